The summed E-state index contributed by atoms with van der Waals surface area (Å²) in [4.78, 5) is 16.8. The summed E-state index contributed by atoms with van der Waals surface area (Å²) in [6.45, 7) is 0. The van der Waals surface area contributed by atoms with Gasteiger partial charge in [-0.3, -0.25) is 4.79 Å². The molecule has 0 saturated carbocycles. The highest BCUT2D eigenvalue weighted by molar-refractivity contribution is 8.18. The number of aromatic nitrogens is 1. The van der Waals surface area contributed by atoms with Crippen LogP contribution in [0.25, 0.3) is 6.08 Å². The number of hydrogen-bond acceptors (Lipinski definition) is 4. The minimum Gasteiger partial charge on any atom is -0.506 e. The van der Waals surface area contributed by atoms with Gasteiger partial charge in [0.15, 0.2) is 5.17 Å². The summed E-state index contributed by atoms with van der Waals surface area (Å²) in [6.07, 6.45) is 3.70. The van der Waals surface area contributed by atoms with Crippen molar-refractivity contribution in [2.75, 3.05) is 0 Å². The van der Waals surface area contributed by atoms with E-state index in [0.29, 0.717) is 20.8 Å². The topological polar surface area (TPSA) is 66.6 Å². The molecule has 22 heavy (non-hydrogen) atoms. The smallest absolute Gasteiger partial charge is 0.264 e. The van der Waals surface area contributed by atoms with Crippen molar-refractivity contribution >= 4 is 46.2 Å². The molecule has 0 aliphatic carbocycles. The van der Waals surface area contributed by atoms with Crippen molar-refractivity contribution in [2.45, 2.75) is 0 Å². The van der Waals surface area contributed by atoms with E-state index in [2.05, 4.69) is 10.3 Å². The Balaban J connectivity index is 1.88. The van der Waals surface area contributed by atoms with E-state index in [0.717, 1.165) is 5.69 Å². The Hall–Kier alpha value is -2.18. The van der Waals surface area contributed by atoms with Crippen LogP contribution in [0.3, 0.4) is 0 Å². The number of carbonyl (C=O) groups is 1. The largest absolute Gasteiger partial charge is 0.506 e. The van der Waals surface area contributed by atoms with Crippen LogP contribution in [0.5, 0.6) is 5.75 Å². The Morgan fingerprint density at radius 1 is 1.41 bits per heavy atom. The van der Waals surface area contributed by atoms with Gasteiger partial charge in [0.1, 0.15) is 11.4 Å². The number of halogens is 1. The van der Waals surface area contributed by atoms with Crippen LogP contribution in [-0.4, -0.2) is 20.7 Å². The number of hydrogen-bond donors (Lipinski definition) is 2. The average Bonchev–Trinajstić information content (AvgIpc) is 3.02. The normalized spacial score (nSPS) is 18.2. The van der Waals surface area contributed by atoms with Gasteiger partial charge in [0.25, 0.3) is 5.91 Å². The molecule has 0 atom stereocenters. The number of thioether (sulfide) groups is 1. The summed E-state index contributed by atoms with van der Waals surface area (Å²) in [6, 6.07) is 8.39. The predicted octanol–water partition coefficient (Wildman–Crippen LogP) is 3.28. The van der Waals surface area contributed by atoms with E-state index in [9.17, 15) is 9.90 Å². The van der Waals surface area contributed by atoms with E-state index in [-0.39, 0.29) is 11.7 Å². The second-order valence-electron chi connectivity index (χ2n) is 4.66. The van der Waals surface area contributed by atoms with Crippen molar-refractivity contribution < 1.29 is 9.90 Å². The Kier molecular flexibility index (Phi) is 3.96. The Morgan fingerprint density at radius 3 is 2.95 bits per heavy atom. The van der Waals surface area contributed by atoms with Crippen LogP contribution in [-0.2, 0) is 11.8 Å². The van der Waals surface area contributed by atoms with Gasteiger partial charge >= 0.3 is 0 Å². The maximum Gasteiger partial charge on any atom is 0.264 e. The van der Waals surface area contributed by atoms with E-state index in [1.54, 1.807) is 12.1 Å². The van der Waals surface area contributed by atoms with Crippen molar-refractivity contribution in [3.63, 3.8) is 0 Å². The molecular weight excluding hydrogens is 322 g/mol. The van der Waals surface area contributed by atoms with Crippen LogP contribution in [0.15, 0.2) is 46.4 Å². The van der Waals surface area contributed by atoms with Crippen molar-refractivity contribution in [1.82, 2.24) is 9.88 Å². The first-order valence-electron chi connectivity index (χ1n) is 6.42. The van der Waals surface area contributed by atoms with E-state index in [4.69, 9.17) is 11.6 Å². The fourth-order valence-electron chi connectivity index (χ4n) is 1.93. The number of nitrogens with one attached hydrogen (secondary N) is 1. The molecule has 1 saturated heterocycles. The van der Waals surface area contributed by atoms with Crippen molar-refractivity contribution in [1.29, 1.82) is 0 Å². The number of aromatic hydroxyl groups is 1. The highest BCUT2D eigenvalue weighted by Gasteiger charge is 2.24. The average molecular weight is 334 g/mol. The van der Waals surface area contributed by atoms with E-state index in [1.807, 2.05) is 29.9 Å². The number of amides is 1. The maximum absolute atomic E-state index is 12.0. The molecule has 2 aromatic rings. The van der Waals surface area contributed by atoms with Crippen molar-refractivity contribution in [3.05, 3.63) is 52.2 Å². The third kappa shape index (κ3) is 3.03. The maximum atomic E-state index is 12.0. The second-order valence-corrected chi connectivity index (χ2v) is 6.13. The lowest BCUT2D eigenvalue weighted by Crippen LogP contribution is -2.19. The van der Waals surface area contributed by atoms with Crippen LogP contribution in [0.1, 0.15) is 5.69 Å². The molecule has 1 fully saturated rings. The summed E-state index contributed by atoms with van der Waals surface area (Å²) < 4.78 is 1.92. The first kappa shape index (κ1) is 14.7. The number of nitrogens with zero attached hydrogens (tertiary/aromatic N) is 2. The minimum atomic E-state index is -0.216. The Bertz CT molecular complexity index is 811. The van der Waals surface area contributed by atoms with Gasteiger partial charge in [0.05, 0.1) is 4.91 Å². The fraction of sp³-hybridized carbons (Fsp3) is 0.0667. The van der Waals surface area contributed by atoms with Gasteiger partial charge in [-0.15, -0.1) is 0 Å². The fourth-order valence-corrected chi connectivity index (χ4v) is 2.92. The molecular formula is C15H12ClN3O2S. The third-order valence-electron chi connectivity index (χ3n) is 3.07. The molecule has 1 amide bonds. The molecule has 3 rings (SSSR count). The van der Waals surface area contributed by atoms with E-state index < -0.39 is 0 Å². The zero-order valence-corrected chi connectivity index (χ0v) is 13.1. The second kappa shape index (κ2) is 5.90. The monoisotopic (exact) mass is 333 g/mol. The molecule has 2 N–H and O–H groups in total. The minimum absolute atomic E-state index is 0.00612. The highest BCUT2D eigenvalue weighted by Crippen LogP contribution is 2.33. The number of aliphatic imine (C=N–C) groups is 1. The van der Waals surface area contributed by atoms with Crippen molar-refractivity contribution in [3.8, 4) is 5.75 Å². The molecule has 1 aromatic heterocycles. The predicted molar refractivity (Wildman–Crippen MR) is 89.3 cm³/mol. The highest BCUT2D eigenvalue weighted by atomic mass is 35.5. The molecule has 5 nitrogen and oxygen atoms in total. The van der Waals surface area contributed by atoms with Gasteiger partial charge in [-0.2, -0.15) is 0 Å². The quantitative estimate of drug-likeness (QED) is 0.829. The van der Waals surface area contributed by atoms with E-state index in [1.165, 1.54) is 23.9 Å². The lowest BCUT2D eigenvalue weighted by molar-refractivity contribution is -0.115. The molecule has 0 spiro atoms. The third-order valence-corrected chi connectivity index (χ3v) is 4.22. The van der Waals surface area contributed by atoms with Gasteiger partial charge in [0, 0.05) is 24.0 Å². The lowest BCUT2D eigenvalue weighted by atomic mass is 10.3. The summed E-state index contributed by atoms with van der Waals surface area (Å²) in [5.41, 5.74) is 1.24. The molecule has 7 heteroatoms. The van der Waals surface area contributed by atoms with Gasteiger partial charge < -0.3 is 15.0 Å². The molecule has 0 radical (unpaired) electrons. The number of carbonyl (C=O) groups excluding carboxylic acids is 1. The standard InChI is InChI=1S/C15H12ClN3O2S/c1-19-6-2-3-10(19)8-13-14(21)18-15(22-13)17-11-7-9(16)4-5-12(11)20/h2-8,20H,1H3,(H,17,18,21). The number of phenolic OH excluding ortho intramolecular Hbond substituents is 1. The van der Waals surface area contributed by atoms with Crippen LogP contribution in [0.4, 0.5) is 5.69 Å². The number of benzene rings is 1. The van der Waals surface area contributed by atoms with Gasteiger partial charge in [-0.1, -0.05) is 11.6 Å². The van der Waals surface area contributed by atoms with Crippen molar-refractivity contribution in [2.24, 2.45) is 12.0 Å². The lowest BCUT2D eigenvalue weighted by Gasteiger charge is -2.00. The van der Waals surface area contributed by atoms with Gasteiger partial charge in [-0.05, 0) is 48.2 Å². The summed E-state index contributed by atoms with van der Waals surface area (Å²) in [5, 5.41) is 13.3. The number of aryl methyl sites for hydroxylation is 1. The summed E-state index contributed by atoms with van der Waals surface area (Å²) in [5.74, 6) is -0.210. The molecule has 1 aromatic carbocycles. The van der Waals surface area contributed by atoms with Gasteiger partial charge in [-0.25, -0.2) is 4.99 Å². The zero-order valence-electron chi connectivity index (χ0n) is 11.6. The number of rotatable bonds is 2. The zero-order chi connectivity index (χ0) is 15.7. The molecule has 1 aliphatic heterocycles. The van der Waals surface area contributed by atoms with Gasteiger partial charge in [0.2, 0.25) is 0 Å². The van der Waals surface area contributed by atoms with Crippen LogP contribution in [0, 0.1) is 0 Å². The Labute approximate surface area is 136 Å². The van der Waals surface area contributed by atoms with Crippen LogP contribution < -0.4 is 5.32 Å². The SMILES string of the molecule is Cn1cccc1C=C1SC(=Nc2cc(Cl)ccc2O)NC1=O. The summed E-state index contributed by atoms with van der Waals surface area (Å²) in [7, 11) is 1.91. The molecule has 0 bridgehead atoms. The number of phenols is 1. The molecule has 0 unspecified atom stereocenters. The molecule has 1 aliphatic rings. The molecule has 112 valence electrons. The first-order chi connectivity index (χ1) is 10.5. The van der Waals surface area contributed by atoms with Crippen LogP contribution >= 0.6 is 23.4 Å². The Morgan fingerprint density at radius 2 is 2.23 bits per heavy atom. The summed E-state index contributed by atoms with van der Waals surface area (Å²) >= 11 is 7.10. The first-order valence-corrected chi connectivity index (χ1v) is 7.62. The van der Waals surface area contributed by atoms with E-state index >= 15 is 0 Å². The molecule has 2 heterocycles. The number of amidine groups is 1. The van der Waals surface area contributed by atoms with Crippen LogP contribution in [0.2, 0.25) is 5.02 Å².